The van der Waals surface area contributed by atoms with Gasteiger partial charge in [-0.1, -0.05) is 13.0 Å². The molecule has 90 valence electrons. The molecule has 1 aromatic heterocycles. The summed E-state index contributed by atoms with van der Waals surface area (Å²) in [6.45, 7) is 5.81. The summed E-state index contributed by atoms with van der Waals surface area (Å²) in [5, 5.41) is 2.13. The number of hydrogen-bond donors (Lipinski definition) is 1. The first-order valence-electron chi connectivity index (χ1n) is 5.93. The zero-order valence-electron chi connectivity index (χ0n) is 9.76. The SMILES string of the molecule is CCC(N)C(c1cccs1)N1CCOCC1. The standard InChI is InChI=1S/C12H20N2OS/c1-2-10(13)12(11-4-3-9-16-11)14-5-7-15-8-6-14/h3-4,9-10,12H,2,5-8,13H2,1H3. The van der Waals surface area contributed by atoms with Crippen molar-refractivity contribution in [3.8, 4) is 0 Å². The molecule has 2 unspecified atom stereocenters. The van der Waals surface area contributed by atoms with Gasteiger partial charge in [-0.25, -0.2) is 0 Å². The number of rotatable bonds is 4. The van der Waals surface area contributed by atoms with Gasteiger partial charge in [0.1, 0.15) is 0 Å². The Kier molecular flexibility index (Phi) is 4.35. The van der Waals surface area contributed by atoms with Gasteiger partial charge in [-0.05, 0) is 17.9 Å². The molecule has 1 saturated heterocycles. The summed E-state index contributed by atoms with van der Waals surface area (Å²) in [5.74, 6) is 0. The molecule has 0 bridgehead atoms. The molecular formula is C12H20N2OS. The van der Waals surface area contributed by atoms with Crippen LogP contribution in [0.1, 0.15) is 24.3 Å². The fourth-order valence-electron chi connectivity index (χ4n) is 2.20. The Hall–Kier alpha value is -0.420. The highest BCUT2D eigenvalue weighted by Crippen LogP contribution is 2.29. The summed E-state index contributed by atoms with van der Waals surface area (Å²) in [4.78, 5) is 3.85. The van der Waals surface area contributed by atoms with Gasteiger partial charge in [0, 0.05) is 24.0 Å². The van der Waals surface area contributed by atoms with Crippen LogP contribution in [0.5, 0.6) is 0 Å². The van der Waals surface area contributed by atoms with Crippen molar-refractivity contribution in [3.05, 3.63) is 22.4 Å². The highest BCUT2D eigenvalue weighted by Gasteiger charge is 2.27. The van der Waals surface area contributed by atoms with Crippen LogP contribution in [-0.4, -0.2) is 37.2 Å². The zero-order chi connectivity index (χ0) is 11.4. The largest absolute Gasteiger partial charge is 0.379 e. The first-order chi connectivity index (χ1) is 7.83. The Morgan fingerprint density at radius 1 is 1.50 bits per heavy atom. The van der Waals surface area contributed by atoms with Crippen molar-refractivity contribution in [3.63, 3.8) is 0 Å². The van der Waals surface area contributed by atoms with E-state index >= 15 is 0 Å². The van der Waals surface area contributed by atoms with E-state index in [0.29, 0.717) is 6.04 Å². The third-order valence-corrected chi connectivity index (χ3v) is 4.09. The number of nitrogens with zero attached hydrogens (tertiary/aromatic N) is 1. The van der Waals surface area contributed by atoms with Gasteiger partial charge < -0.3 is 10.5 Å². The molecule has 1 fully saturated rings. The number of ether oxygens (including phenoxy) is 1. The minimum absolute atomic E-state index is 0.219. The van der Waals surface area contributed by atoms with Crippen LogP contribution in [0.2, 0.25) is 0 Å². The summed E-state index contributed by atoms with van der Waals surface area (Å²) in [6, 6.07) is 4.89. The van der Waals surface area contributed by atoms with Crippen molar-refractivity contribution in [2.45, 2.75) is 25.4 Å². The van der Waals surface area contributed by atoms with Gasteiger partial charge in [0.05, 0.1) is 19.3 Å². The van der Waals surface area contributed by atoms with Crippen LogP contribution in [0.3, 0.4) is 0 Å². The fraction of sp³-hybridized carbons (Fsp3) is 0.667. The molecule has 0 aromatic carbocycles. The van der Waals surface area contributed by atoms with Gasteiger partial charge in [-0.15, -0.1) is 11.3 Å². The predicted molar refractivity (Wildman–Crippen MR) is 67.7 cm³/mol. The Morgan fingerprint density at radius 3 is 2.81 bits per heavy atom. The molecule has 0 amide bonds. The van der Waals surface area contributed by atoms with Gasteiger partial charge in [-0.3, -0.25) is 4.90 Å². The van der Waals surface area contributed by atoms with E-state index < -0.39 is 0 Å². The van der Waals surface area contributed by atoms with Crippen molar-refractivity contribution < 1.29 is 4.74 Å². The van der Waals surface area contributed by atoms with Crippen LogP contribution in [0.25, 0.3) is 0 Å². The molecule has 3 nitrogen and oxygen atoms in total. The minimum Gasteiger partial charge on any atom is -0.379 e. The first-order valence-corrected chi connectivity index (χ1v) is 6.81. The summed E-state index contributed by atoms with van der Waals surface area (Å²) in [6.07, 6.45) is 1.01. The summed E-state index contributed by atoms with van der Waals surface area (Å²) in [5.41, 5.74) is 6.26. The monoisotopic (exact) mass is 240 g/mol. The van der Waals surface area contributed by atoms with E-state index in [-0.39, 0.29) is 6.04 Å². The second kappa shape index (κ2) is 5.77. The molecule has 2 rings (SSSR count). The lowest BCUT2D eigenvalue weighted by Crippen LogP contribution is -2.45. The van der Waals surface area contributed by atoms with Crippen LogP contribution in [0.4, 0.5) is 0 Å². The molecule has 0 aliphatic carbocycles. The van der Waals surface area contributed by atoms with E-state index in [1.54, 1.807) is 11.3 Å². The summed E-state index contributed by atoms with van der Waals surface area (Å²) < 4.78 is 5.40. The molecule has 0 spiro atoms. The maximum atomic E-state index is 6.26. The number of thiophene rings is 1. The van der Waals surface area contributed by atoms with Crippen molar-refractivity contribution in [2.24, 2.45) is 5.73 Å². The maximum absolute atomic E-state index is 6.26. The van der Waals surface area contributed by atoms with Gasteiger partial charge in [0.15, 0.2) is 0 Å². The van der Waals surface area contributed by atoms with Crippen molar-refractivity contribution >= 4 is 11.3 Å². The highest BCUT2D eigenvalue weighted by molar-refractivity contribution is 7.10. The van der Waals surface area contributed by atoms with Crippen LogP contribution >= 0.6 is 11.3 Å². The van der Waals surface area contributed by atoms with Gasteiger partial charge >= 0.3 is 0 Å². The Morgan fingerprint density at radius 2 is 2.25 bits per heavy atom. The van der Waals surface area contributed by atoms with Crippen molar-refractivity contribution in [1.82, 2.24) is 4.90 Å². The van der Waals surface area contributed by atoms with Crippen LogP contribution < -0.4 is 5.73 Å². The number of hydrogen-bond acceptors (Lipinski definition) is 4. The average Bonchev–Trinajstić information content (AvgIpc) is 2.84. The molecule has 0 saturated carbocycles. The Labute approximate surface area is 101 Å². The molecule has 2 N–H and O–H groups in total. The highest BCUT2D eigenvalue weighted by atomic mass is 32.1. The van der Waals surface area contributed by atoms with E-state index in [2.05, 4.69) is 29.3 Å². The fourth-order valence-corrected chi connectivity index (χ4v) is 3.13. The minimum atomic E-state index is 0.219. The third kappa shape index (κ3) is 2.63. The molecule has 4 heteroatoms. The second-order valence-corrected chi connectivity index (χ2v) is 5.16. The number of nitrogens with two attached hydrogens (primary N) is 1. The lowest BCUT2D eigenvalue weighted by Gasteiger charge is -2.37. The zero-order valence-corrected chi connectivity index (χ0v) is 10.6. The van der Waals surface area contributed by atoms with E-state index in [0.717, 1.165) is 32.7 Å². The van der Waals surface area contributed by atoms with Crippen molar-refractivity contribution in [1.29, 1.82) is 0 Å². The summed E-state index contributed by atoms with van der Waals surface area (Å²) >= 11 is 1.81. The topological polar surface area (TPSA) is 38.5 Å². The van der Waals surface area contributed by atoms with E-state index in [4.69, 9.17) is 10.5 Å². The van der Waals surface area contributed by atoms with E-state index in [1.165, 1.54) is 4.88 Å². The molecule has 2 heterocycles. The molecular weight excluding hydrogens is 220 g/mol. The molecule has 0 radical (unpaired) electrons. The second-order valence-electron chi connectivity index (χ2n) is 4.18. The summed E-state index contributed by atoms with van der Waals surface area (Å²) in [7, 11) is 0. The van der Waals surface area contributed by atoms with Gasteiger partial charge in [0.25, 0.3) is 0 Å². The molecule has 1 aliphatic heterocycles. The van der Waals surface area contributed by atoms with E-state index in [1.807, 2.05) is 0 Å². The van der Waals surface area contributed by atoms with Crippen molar-refractivity contribution in [2.75, 3.05) is 26.3 Å². The van der Waals surface area contributed by atoms with Crippen LogP contribution in [0, 0.1) is 0 Å². The Balaban J connectivity index is 2.13. The smallest absolute Gasteiger partial charge is 0.0594 e. The van der Waals surface area contributed by atoms with Crippen LogP contribution in [0.15, 0.2) is 17.5 Å². The van der Waals surface area contributed by atoms with E-state index in [9.17, 15) is 0 Å². The third-order valence-electron chi connectivity index (χ3n) is 3.15. The Bertz CT molecular complexity index is 296. The van der Waals surface area contributed by atoms with Crippen LogP contribution in [-0.2, 0) is 4.74 Å². The van der Waals surface area contributed by atoms with Gasteiger partial charge in [-0.2, -0.15) is 0 Å². The number of morpholine rings is 1. The van der Waals surface area contributed by atoms with Gasteiger partial charge in [0.2, 0.25) is 0 Å². The average molecular weight is 240 g/mol. The molecule has 1 aromatic rings. The predicted octanol–water partition coefficient (Wildman–Crippen LogP) is 1.86. The molecule has 1 aliphatic rings. The normalized spacial score (nSPS) is 21.9. The molecule has 16 heavy (non-hydrogen) atoms. The first kappa shape index (κ1) is 12.0. The quantitative estimate of drug-likeness (QED) is 0.873. The maximum Gasteiger partial charge on any atom is 0.0594 e. The lowest BCUT2D eigenvalue weighted by atomic mass is 10.0. The molecule has 2 atom stereocenters. The lowest BCUT2D eigenvalue weighted by molar-refractivity contribution is 0.0109.